The standard InChI is InChI=1S/C6H13NO2.BrH/c1-3-4(2)5(7)6(8)9;/h4-5H,3,7H2,1-2H3,(H,8,9);1H/t4?,5-;/m0./s1. The topological polar surface area (TPSA) is 63.3 Å². The molecule has 0 aliphatic rings. The highest BCUT2D eigenvalue weighted by molar-refractivity contribution is 8.93. The zero-order valence-electron chi connectivity index (χ0n) is 6.20. The van der Waals surface area contributed by atoms with E-state index in [1.54, 1.807) is 0 Å². The Balaban J connectivity index is 0. The van der Waals surface area contributed by atoms with Crippen LogP contribution in [0.2, 0.25) is 0 Å². The van der Waals surface area contributed by atoms with Crippen molar-refractivity contribution in [2.75, 3.05) is 0 Å². The molecule has 4 heteroatoms. The lowest BCUT2D eigenvalue weighted by Gasteiger charge is -2.11. The number of rotatable bonds is 3. The molecule has 0 aliphatic heterocycles. The van der Waals surface area contributed by atoms with E-state index in [1.807, 2.05) is 13.8 Å². The molecule has 0 aromatic carbocycles. The molecule has 0 rings (SSSR count). The van der Waals surface area contributed by atoms with Crippen molar-refractivity contribution in [3.8, 4) is 0 Å². The molecule has 1 unspecified atom stereocenters. The van der Waals surface area contributed by atoms with Crippen molar-refractivity contribution >= 4 is 23.0 Å². The molecule has 10 heavy (non-hydrogen) atoms. The number of carbonyl (C=O) groups is 1. The van der Waals surface area contributed by atoms with Crippen molar-refractivity contribution in [2.45, 2.75) is 26.3 Å². The van der Waals surface area contributed by atoms with Gasteiger partial charge in [0.1, 0.15) is 6.04 Å². The summed E-state index contributed by atoms with van der Waals surface area (Å²) in [5.74, 6) is -0.841. The lowest BCUT2D eigenvalue weighted by Crippen LogP contribution is -2.36. The minimum atomic E-state index is -0.913. The Kier molecular flexibility index (Phi) is 7.14. The third-order valence-electron chi connectivity index (χ3n) is 1.54. The average Bonchev–Trinajstić information content (AvgIpc) is 1.84. The maximum absolute atomic E-state index is 10.2. The van der Waals surface area contributed by atoms with Crippen LogP contribution in [-0.2, 0) is 4.79 Å². The van der Waals surface area contributed by atoms with Gasteiger partial charge in [-0.2, -0.15) is 0 Å². The minimum absolute atomic E-state index is 0. The fourth-order valence-corrected chi connectivity index (χ4v) is 0.497. The highest BCUT2D eigenvalue weighted by atomic mass is 79.9. The molecule has 0 aromatic heterocycles. The molecule has 0 radical (unpaired) electrons. The molecule has 0 amide bonds. The molecule has 3 N–H and O–H groups in total. The third kappa shape index (κ3) is 3.85. The summed E-state index contributed by atoms with van der Waals surface area (Å²) in [6, 6.07) is -0.699. The first kappa shape index (κ1) is 12.6. The Morgan fingerprint density at radius 1 is 1.70 bits per heavy atom. The highest BCUT2D eigenvalue weighted by Gasteiger charge is 2.17. The summed E-state index contributed by atoms with van der Waals surface area (Å²) < 4.78 is 0. The molecular formula is C6H14BrNO2. The Labute approximate surface area is 71.4 Å². The van der Waals surface area contributed by atoms with E-state index >= 15 is 0 Å². The largest absolute Gasteiger partial charge is 0.480 e. The van der Waals surface area contributed by atoms with Crippen molar-refractivity contribution in [1.29, 1.82) is 0 Å². The lowest BCUT2D eigenvalue weighted by molar-refractivity contribution is -0.139. The fraction of sp³-hybridized carbons (Fsp3) is 0.833. The van der Waals surface area contributed by atoms with Crippen molar-refractivity contribution in [2.24, 2.45) is 11.7 Å². The van der Waals surface area contributed by atoms with Gasteiger partial charge in [-0.1, -0.05) is 20.3 Å². The maximum Gasteiger partial charge on any atom is 0.320 e. The van der Waals surface area contributed by atoms with E-state index in [2.05, 4.69) is 0 Å². The summed E-state index contributed by atoms with van der Waals surface area (Å²) in [6.45, 7) is 3.76. The molecule has 0 fully saturated rings. The Hall–Kier alpha value is -0.0900. The van der Waals surface area contributed by atoms with Gasteiger partial charge in [-0.05, 0) is 5.92 Å². The van der Waals surface area contributed by atoms with Crippen LogP contribution in [0.5, 0.6) is 0 Å². The number of carboxylic acids is 1. The van der Waals surface area contributed by atoms with Crippen LogP contribution >= 0.6 is 17.0 Å². The number of nitrogens with two attached hydrogens (primary N) is 1. The van der Waals surface area contributed by atoms with Crippen LogP contribution < -0.4 is 5.73 Å². The van der Waals surface area contributed by atoms with Gasteiger partial charge in [0, 0.05) is 0 Å². The zero-order chi connectivity index (χ0) is 7.44. The van der Waals surface area contributed by atoms with Gasteiger partial charge in [-0.3, -0.25) is 4.79 Å². The maximum atomic E-state index is 10.2. The van der Waals surface area contributed by atoms with Crippen molar-refractivity contribution < 1.29 is 9.90 Å². The number of carboxylic acid groups (broad SMARTS) is 1. The molecule has 0 bridgehead atoms. The highest BCUT2D eigenvalue weighted by Crippen LogP contribution is 2.04. The second-order valence-corrected chi connectivity index (χ2v) is 2.25. The van der Waals surface area contributed by atoms with Crippen LogP contribution in [0.3, 0.4) is 0 Å². The molecule has 0 aromatic rings. The fourth-order valence-electron chi connectivity index (χ4n) is 0.497. The van der Waals surface area contributed by atoms with Crippen LogP contribution in [0, 0.1) is 5.92 Å². The average molecular weight is 212 g/mol. The first-order valence-electron chi connectivity index (χ1n) is 3.08. The first-order valence-corrected chi connectivity index (χ1v) is 3.08. The van der Waals surface area contributed by atoms with Crippen molar-refractivity contribution in [3.63, 3.8) is 0 Å². The van der Waals surface area contributed by atoms with E-state index in [-0.39, 0.29) is 22.9 Å². The molecule has 0 spiro atoms. The van der Waals surface area contributed by atoms with Crippen molar-refractivity contribution in [1.82, 2.24) is 0 Å². The molecule has 0 heterocycles. The summed E-state index contributed by atoms with van der Waals surface area (Å²) >= 11 is 0. The molecule has 3 nitrogen and oxygen atoms in total. The Morgan fingerprint density at radius 2 is 2.10 bits per heavy atom. The summed E-state index contributed by atoms with van der Waals surface area (Å²) in [7, 11) is 0. The van der Waals surface area contributed by atoms with Gasteiger partial charge in [0.2, 0.25) is 0 Å². The van der Waals surface area contributed by atoms with Crippen molar-refractivity contribution in [3.05, 3.63) is 0 Å². The second-order valence-electron chi connectivity index (χ2n) is 2.25. The summed E-state index contributed by atoms with van der Waals surface area (Å²) in [6.07, 6.45) is 0.813. The molecule has 2 atom stereocenters. The molecule has 62 valence electrons. The van der Waals surface area contributed by atoms with E-state index in [0.29, 0.717) is 0 Å². The van der Waals surface area contributed by atoms with Crippen LogP contribution in [0.15, 0.2) is 0 Å². The van der Waals surface area contributed by atoms with Gasteiger partial charge in [-0.15, -0.1) is 17.0 Å². The first-order chi connectivity index (χ1) is 4.09. The lowest BCUT2D eigenvalue weighted by atomic mass is 10.0. The summed E-state index contributed by atoms with van der Waals surface area (Å²) in [5, 5.41) is 8.36. The quantitative estimate of drug-likeness (QED) is 0.734. The molecule has 0 saturated carbocycles. The molecular weight excluding hydrogens is 198 g/mol. The summed E-state index contributed by atoms with van der Waals surface area (Å²) in [4.78, 5) is 10.2. The van der Waals surface area contributed by atoms with E-state index in [1.165, 1.54) is 0 Å². The van der Waals surface area contributed by atoms with Gasteiger partial charge in [0.15, 0.2) is 0 Å². The predicted octanol–water partition coefficient (Wildman–Crippen LogP) is 1.02. The number of aliphatic carboxylic acids is 1. The van der Waals surface area contributed by atoms with Crippen LogP contribution in [-0.4, -0.2) is 17.1 Å². The SMILES string of the molecule is Br.CCC(C)[C@H](N)C(=O)O. The van der Waals surface area contributed by atoms with E-state index in [9.17, 15) is 4.79 Å². The molecule has 0 saturated heterocycles. The number of hydrogen-bond acceptors (Lipinski definition) is 2. The van der Waals surface area contributed by atoms with E-state index in [4.69, 9.17) is 10.8 Å². The monoisotopic (exact) mass is 211 g/mol. The van der Waals surface area contributed by atoms with Gasteiger partial charge in [0.05, 0.1) is 0 Å². The summed E-state index contributed by atoms with van der Waals surface area (Å²) in [5.41, 5.74) is 5.27. The predicted molar refractivity (Wildman–Crippen MR) is 45.4 cm³/mol. The normalized spacial score (nSPS) is 15.1. The van der Waals surface area contributed by atoms with Crippen LogP contribution in [0.25, 0.3) is 0 Å². The minimum Gasteiger partial charge on any atom is -0.480 e. The third-order valence-corrected chi connectivity index (χ3v) is 1.54. The Bertz CT molecular complexity index is 108. The second kappa shape index (κ2) is 5.68. The smallest absolute Gasteiger partial charge is 0.320 e. The zero-order valence-corrected chi connectivity index (χ0v) is 7.92. The number of halogens is 1. The molecule has 0 aliphatic carbocycles. The van der Waals surface area contributed by atoms with E-state index in [0.717, 1.165) is 6.42 Å². The van der Waals surface area contributed by atoms with Crippen LogP contribution in [0.4, 0.5) is 0 Å². The number of hydrogen-bond donors (Lipinski definition) is 2. The van der Waals surface area contributed by atoms with Gasteiger partial charge in [-0.25, -0.2) is 0 Å². The van der Waals surface area contributed by atoms with E-state index < -0.39 is 12.0 Å². The van der Waals surface area contributed by atoms with Gasteiger partial charge in [0.25, 0.3) is 0 Å². The Morgan fingerprint density at radius 3 is 2.20 bits per heavy atom. The van der Waals surface area contributed by atoms with Crippen LogP contribution in [0.1, 0.15) is 20.3 Å². The van der Waals surface area contributed by atoms with Gasteiger partial charge < -0.3 is 10.8 Å². The van der Waals surface area contributed by atoms with Gasteiger partial charge >= 0.3 is 5.97 Å².